The van der Waals surface area contributed by atoms with Crippen molar-refractivity contribution < 1.29 is 0 Å². The number of piperidine rings is 1. The number of rotatable bonds is 6. The maximum atomic E-state index is 4.30. The Balaban J connectivity index is 1.61. The third-order valence-corrected chi connectivity index (χ3v) is 5.32. The van der Waals surface area contributed by atoms with Crippen LogP contribution in [0.25, 0.3) is 0 Å². The highest BCUT2D eigenvalue weighted by Crippen LogP contribution is 2.15. The number of aliphatic imine (C=N–C) groups is 1. The van der Waals surface area contributed by atoms with Crippen molar-refractivity contribution >= 4 is 17.3 Å². The lowest BCUT2D eigenvalue weighted by Crippen LogP contribution is -2.39. The number of guanidine groups is 1. The summed E-state index contributed by atoms with van der Waals surface area (Å²) in [6.07, 6.45) is 3.93. The van der Waals surface area contributed by atoms with Gasteiger partial charge in [0.1, 0.15) is 0 Å². The van der Waals surface area contributed by atoms with Crippen molar-refractivity contribution in [1.82, 2.24) is 15.5 Å². The van der Waals surface area contributed by atoms with Crippen LogP contribution in [0.5, 0.6) is 0 Å². The number of nitrogens with one attached hydrogen (secondary N) is 2. The summed E-state index contributed by atoms with van der Waals surface area (Å²) in [5, 5.41) is 8.95. The highest BCUT2D eigenvalue weighted by molar-refractivity contribution is 7.10. The molecule has 0 radical (unpaired) electrons. The standard InChI is InChI=1S/C17H30N4S/c1-14-6-4-9-21(13-14)10-5-8-19-17(18-3)20-12-16-15(2)7-11-22-16/h7,11,14H,4-6,8-10,12-13H2,1-3H3,(H2,18,19,20). The molecule has 2 N–H and O–H groups in total. The van der Waals surface area contributed by atoms with Crippen LogP contribution in [0.2, 0.25) is 0 Å². The number of thiophene rings is 1. The fourth-order valence-corrected chi connectivity index (χ4v) is 3.81. The van der Waals surface area contributed by atoms with Crippen LogP contribution in [0.4, 0.5) is 0 Å². The molecular formula is C17H30N4S. The molecule has 124 valence electrons. The summed E-state index contributed by atoms with van der Waals surface area (Å²) in [6, 6.07) is 2.16. The van der Waals surface area contributed by atoms with E-state index in [4.69, 9.17) is 0 Å². The molecule has 0 aliphatic carbocycles. The van der Waals surface area contributed by atoms with E-state index in [9.17, 15) is 0 Å². The number of nitrogens with zero attached hydrogens (tertiary/aromatic N) is 2. The van der Waals surface area contributed by atoms with E-state index in [1.54, 1.807) is 11.3 Å². The molecule has 4 nitrogen and oxygen atoms in total. The third-order valence-electron chi connectivity index (χ3n) is 4.29. The lowest BCUT2D eigenvalue weighted by molar-refractivity contribution is 0.182. The van der Waals surface area contributed by atoms with E-state index in [0.717, 1.165) is 25.0 Å². The van der Waals surface area contributed by atoms with Crippen molar-refractivity contribution in [3.8, 4) is 0 Å². The molecule has 0 saturated carbocycles. The fraction of sp³-hybridized carbons (Fsp3) is 0.706. The highest BCUT2D eigenvalue weighted by Gasteiger charge is 2.15. The second-order valence-electron chi connectivity index (χ2n) is 6.28. The molecule has 1 unspecified atom stereocenters. The quantitative estimate of drug-likeness (QED) is 0.481. The average Bonchev–Trinajstić information content (AvgIpc) is 2.92. The Labute approximate surface area is 139 Å². The summed E-state index contributed by atoms with van der Waals surface area (Å²) in [5.74, 6) is 1.77. The van der Waals surface area contributed by atoms with Crippen molar-refractivity contribution in [1.29, 1.82) is 0 Å². The van der Waals surface area contributed by atoms with Gasteiger partial charge in [-0.05, 0) is 62.2 Å². The Morgan fingerprint density at radius 2 is 2.32 bits per heavy atom. The Morgan fingerprint density at radius 3 is 3.00 bits per heavy atom. The number of likely N-dealkylation sites (tertiary alicyclic amines) is 1. The van der Waals surface area contributed by atoms with Crippen LogP contribution < -0.4 is 10.6 Å². The summed E-state index contributed by atoms with van der Waals surface area (Å²) in [7, 11) is 1.84. The Bertz CT molecular complexity index is 469. The van der Waals surface area contributed by atoms with Crippen LogP contribution in [-0.2, 0) is 6.54 Å². The fourth-order valence-electron chi connectivity index (χ4n) is 2.97. The van der Waals surface area contributed by atoms with Crippen LogP contribution in [0.1, 0.15) is 36.6 Å². The Kier molecular flexibility index (Phi) is 7.19. The van der Waals surface area contributed by atoms with Gasteiger partial charge in [0.15, 0.2) is 5.96 Å². The van der Waals surface area contributed by atoms with Crippen molar-refractivity contribution in [2.45, 2.75) is 39.7 Å². The van der Waals surface area contributed by atoms with Gasteiger partial charge >= 0.3 is 0 Å². The molecule has 1 aliphatic rings. The first-order valence-electron chi connectivity index (χ1n) is 8.39. The smallest absolute Gasteiger partial charge is 0.191 e. The van der Waals surface area contributed by atoms with Crippen molar-refractivity contribution in [3.05, 3.63) is 21.9 Å². The summed E-state index contributed by atoms with van der Waals surface area (Å²) >= 11 is 1.80. The topological polar surface area (TPSA) is 39.7 Å². The van der Waals surface area contributed by atoms with E-state index in [0.29, 0.717) is 0 Å². The normalized spacial score (nSPS) is 20.1. The highest BCUT2D eigenvalue weighted by atomic mass is 32.1. The second kappa shape index (κ2) is 9.16. The van der Waals surface area contributed by atoms with Gasteiger partial charge in [0.2, 0.25) is 0 Å². The Morgan fingerprint density at radius 1 is 1.45 bits per heavy atom. The molecule has 1 aromatic rings. The minimum Gasteiger partial charge on any atom is -0.356 e. The molecule has 5 heteroatoms. The van der Waals surface area contributed by atoms with Gasteiger partial charge in [0.25, 0.3) is 0 Å². The minimum atomic E-state index is 0.854. The van der Waals surface area contributed by atoms with Crippen molar-refractivity contribution in [2.24, 2.45) is 10.9 Å². The summed E-state index contributed by atoms with van der Waals surface area (Å²) in [4.78, 5) is 8.28. The predicted octanol–water partition coefficient (Wildman–Crippen LogP) is 2.84. The lowest BCUT2D eigenvalue weighted by atomic mass is 10.0. The predicted molar refractivity (Wildman–Crippen MR) is 96.7 cm³/mol. The molecule has 0 spiro atoms. The van der Waals surface area contributed by atoms with Crippen LogP contribution >= 0.6 is 11.3 Å². The van der Waals surface area contributed by atoms with E-state index in [2.05, 4.69) is 45.8 Å². The molecule has 0 bridgehead atoms. The van der Waals surface area contributed by atoms with Crippen molar-refractivity contribution in [2.75, 3.05) is 33.2 Å². The molecule has 2 rings (SSSR count). The summed E-state index contributed by atoms with van der Waals surface area (Å²) in [6.45, 7) is 10.1. The first-order chi connectivity index (χ1) is 10.7. The molecule has 1 fully saturated rings. The molecule has 1 atom stereocenters. The molecule has 2 heterocycles. The van der Waals surface area contributed by atoms with Crippen LogP contribution in [-0.4, -0.2) is 44.1 Å². The third kappa shape index (κ3) is 5.61. The molecule has 0 aromatic carbocycles. The van der Waals surface area contributed by atoms with Crippen LogP contribution in [0.15, 0.2) is 16.4 Å². The van der Waals surface area contributed by atoms with E-state index >= 15 is 0 Å². The molecule has 0 amide bonds. The maximum absolute atomic E-state index is 4.30. The van der Waals surface area contributed by atoms with Crippen molar-refractivity contribution in [3.63, 3.8) is 0 Å². The zero-order valence-corrected chi connectivity index (χ0v) is 15.0. The summed E-state index contributed by atoms with van der Waals surface area (Å²) < 4.78 is 0. The minimum absolute atomic E-state index is 0.854. The molecule has 1 aromatic heterocycles. The van der Waals surface area contributed by atoms with Gasteiger partial charge in [-0.3, -0.25) is 4.99 Å². The largest absolute Gasteiger partial charge is 0.356 e. The number of hydrogen-bond donors (Lipinski definition) is 2. The average molecular weight is 323 g/mol. The van der Waals surface area contributed by atoms with E-state index in [1.807, 2.05) is 7.05 Å². The summed E-state index contributed by atoms with van der Waals surface area (Å²) in [5.41, 5.74) is 1.35. The molecule has 1 saturated heterocycles. The van der Waals surface area contributed by atoms with Gasteiger partial charge in [-0.25, -0.2) is 0 Å². The van der Waals surface area contributed by atoms with Crippen LogP contribution in [0, 0.1) is 12.8 Å². The zero-order chi connectivity index (χ0) is 15.8. The van der Waals surface area contributed by atoms with Gasteiger partial charge in [-0.2, -0.15) is 0 Å². The van der Waals surface area contributed by atoms with Crippen LogP contribution in [0.3, 0.4) is 0 Å². The van der Waals surface area contributed by atoms with Gasteiger partial charge in [0.05, 0.1) is 6.54 Å². The number of aryl methyl sites for hydroxylation is 1. The lowest BCUT2D eigenvalue weighted by Gasteiger charge is -2.30. The van der Waals surface area contributed by atoms with Gasteiger partial charge < -0.3 is 15.5 Å². The number of hydrogen-bond acceptors (Lipinski definition) is 3. The first kappa shape index (κ1) is 17.3. The van der Waals surface area contributed by atoms with E-state index in [-0.39, 0.29) is 0 Å². The Hall–Kier alpha value is -1.07. The van der Waals surface area contributed by atoms with Gasteiger partial charge in [-0.15, -0.1) is 11.3 Å². The maximum Gasteiger partial charge on any atom is 0.191 e. The monoisotopic (exact) mass is 322 g/mol. The zero-order valence-electron chi connectivity index (χ0n) is 14.2. The van der Waals surface area contributed by atoms with E-state index in [1.165, 1.54) is 49.3 Å². The van der Waals surface area contributed by atoms with Gasteiger partial charge in [-0.1, -0.05) is 6.92 Å². The first-order valence-corrected chi connectivity index (χ1v) is 9.27. The molecule has 1 aliphatic heterocycles. The SMILES string of the molecule is CN=C(NCCCN1CCCC(C)C1)NCc1sccc1C. The van der Waals surface area contributed by atoms with Gasteiger partial charge in [0, 0.05) is 25.0 Å². The van der Waals surface area contributed by atoms with E-state index < -0.39 is 0 Å². The second-order valence-corrected chi connectivity index (χ2v) is 7.28. The molecular weight excluding hydrogens is 292 g/mol. The molecule has 22 heavy (non-hydrogen) atoms.